The number of rotatable bonds is 10. The Kier molecular flexibility index (Phi) is 8.26. The zero-order chi connectivity index (χ0) is 23.2. The maximum absolute atomic E-state index is 12.4. The molecule has 0 saturated carbocycles. The molecular formula is C20H24ClN3O6S2. The second-order valence-electron chi connectivity index (χ2n) is 7.16. The number of benzene rings is 2. The lowest BCUT2D eigenvalue weighted by Crippen LogP contribution is -2.31. The summed E-state index contributed by atoms with van der Waals surface area (Å²) in [5, 5.41) is 3.02. The van der Waals surface area contributed by atoms with Crippen LogP contribution in [-0.4, -0.2) is 48.5 Å². The number of nitrogens with one attached hydrogen (secondary N) is 3. The van der Waals surface area contributed by atoms with E-state index in [0.717, 1.165) is 12.8 Å². The topological polar surface area (TPSA) is 131 Å². The van der Waals surface area contributed by atoms with E-state index in [4.69, 9.17) is 16.3 Å². The minimum Gasteiger partial charge on any atom is -0.377 e. The van der Waals surface area contributed by atoms with E-state index in [0.29, 0.717) is 17.3 Å². The number of carbonyl (C=O) groups is 1. The first-order chi connectivity index (χ1) is 15.2. The number of hydrogen-bond acceptors (Lipinski definition) is 6. The van der Waals surface area contributed by atoms with Gasteiger partial charge in [-0.3, -0.25) is 4.79 Å². The highest BCUT2D eigenvalue weighted by Gasteiger charge is 2.20. The van der Waals surface area contributed by atoms with E-state index in [9.17, 15) is 21.6 Å². The molecule has 3 N–H and O–H groups in total. The molecule has 0 spiro atoms. The summed E-state index contributed by atoms with van der Waals surface area (Å²) in [6.45, 7) is 0.756. The van der Waals surface area contributed by atoms with Gasteiger partial charge in [0.25, 0.3) is 0 Å². The van der Waals surface area contributed by atoms with E-state index in [1.165, 1.54) is 48.5 Å². The van der Waals surface area contributed by atoms with Gasteiger partial charge in [-0.25, -0.2) is 26.3 Å². The first-order valence-electron chi connectivity index (χ1n) is 9.92. The van der Waals surface area contributed by atoms with Gasteiger partial charge >= 0.3 is 0 Å². The van der Waals surface area contributed by atoms with Crippen LogP contribution in [0.2, 0.25) is 5.02 Å². The molecule has 1 amide bonds. The lowest BCUT2D eigenvalue weighted by molar-refractivity contribution is -0.116. The third-order valence-corrected chi connectivity index (χ3v) is 7.91. The number of hydrogen-bond donors (Lipinski definition) is 3. The Hall–Kier alpha value is -2.02. The molecule has 0 aliphatic carbocycles. The summed E-state index contributed by atoms with van der Waals surface area (Å²) in [5.41, 5.74) is 0.397. The Labute approximate surface area is 192 Å². The smallest absolute Gasteiger partial charge is 0.240 e. The van der Waals surface area contributed by atoms with Crippen LogP contribution in [0.3, 0.4) is 0 Å². The van der Waals surface area contributed by atoms with Crippen LogP contribution >= 0.6 is 11.6 Å². The summed E-state index contributed by atoms with van der Waals surface area (Å²) in [7, 11) is -7.43. The second-order valence-corrected chi connectivity index (χ2v) is 11.1. The number of ether oxygens (including phenoxy) is 1. The van der Waals surface area contributed by atoms with E-state index >= 15 is 0 Å². The van der Waals surface area contributed by atoms with Crippen LogP contribution < -0.4 is 14.8 Å². The molecule has 3 rings (SSSR count). The largest absolute Gasteiger partial charge is 0.377 e. The summed E-state index contributed by atoms with van der Waals surface area (Å²) in [4.78, 5) is 12.2. The molecule has 1 aliphatic heterocycles. The molecule has 174 valence electrons. The molecule has 32 heavy (non-hydrogen) atoms. The normalized spacial score (nSPS) is 16.7. The summed E-state index contributed by atoms with van der Waals surface area (Å²) in [5.74, 6) is -0.420. The van der Waals surface area contributed by atoms with Gasteiger partial charge in [0.2, 0.25) is 26.0 Å². The molecule has 1 saturated heterocycles. The van der Waals surface area contributed by atoms with E-state index in [-0.39, 0.29) is 35.4 Å². The van der Waals surface area contributed by atoms with Crippen LogP contribution in [0, 0.1) is 0 Å². The van der Waals surface area contributed by atoms with Gasteiger partial charge in [-0.15, -0.1) is 0 Å². The van der Waals surface area contributed by atoms with Gasteiger partial charge in [-0.05, 0) is 61.4 Å². The molecule has 1 unspecified atom stereocenters. The molecule has 0 bridgehead atoms. The fourth-order valence-corrected chi connectivity index (χ4v) is 5.25. The molecule has 1 heterocycles. The first kappa shape index (κ1) is 24.6. The molecule has 1 aliphatic rings. The summed E-state index contributed by atoms with van der Waals surface area (Å²) in [6, 6.07) is 11.4. The van der Waals surface area contributed by atoms with Crippen LogP contribution in [-0.2, 0) is 29.6 Å². The number of halogens is 1. The maximum Gasteiger partial charge on any atom is 0.240 e. The zero-order valence-electron chi connectivity index (χ0n) is 17.1. The van der Waals surface area contributed by atoms with Crippen LogP contribution in [0.15, 0.2) is 58.3 Å². The molecule has 1 fully saturated rings. The fraction of sp³-hybridized carbons (Fsp3) is 0.350. The van der Waals surface area contributed by atoms with Crippen molar-refractivity contribution in [3.63, 3.8) is 0 Å². The lowest BCUT2D eigenvalue weighted by Gasteiger charge is -2.12. The van der Waals surface area contributed by atoms with Gasteiger partial charge in [0.1, 0.15) is 0 Å². The number of sulfonamides is 2. The Morgan fingerprint density at radius 1 is 0.938 bits per heavy atom. The van der Waals surface area contributed by atoms with E-state index in [2.05, 4.69) is 14.8 Å². The van der Waals surface area contributed by atoms with Crippen molar-refractivity contribution in [2.75, 3.05) is 25.0 Å². The molecule has 2 aromatic rings. The van der Waals surface area contributed by atoms with Gasteiger partial charge in [0.05, 0.1) is 15.9 Å². The number of amides is 1. The summed E-state index contributed by atoms with van der Waals surface area (Å²) in [6.07, 6.45) is 1.53. The van der Waals surface area contributed by atoms with Crippen LogP contribution in [0.4, 0.5) is 5.69 Å². The molecule has 0 aromatic heterocycles. The van der Waals surface area contributed by atoms with Crippen molar-refractivity contribution < 1.29 is 26.4 Å². The van der Waals surface area contributed by atoms with Crippen molar-refractivity contribution in [2.24, 2.45) is 0 Å². The molecular weight excluding hydrogens is 478 g/mol. The minimum absolute atomic E-state index is 0.0483. The van der Waals surface area contributed by atoms with Gasteiger partial charge in [0.15, 0.2) is 0 Å². The molecule has 12 heteroatoms. The maximum atomic E-state index is 12.4. The standard InChI is InChI=1S/C20H24ClN3O6S2/c21-15-3-7-18(8-4-15)31(26,27)22-12-11-20(25)24-16-5-9-19(10-6-16)32(28,29)23-14-17-2-1-13-30-17/h3-10,17,22-23H,1-2,11-14H2,(H,24,25). The highest BCUT2D eigenvalue weighted by atomic mass is 35.5. The fourth-order valence-electron chi connectivity index (χ4n) is 3.03. The van der Waals surface area contributed by atoms with Crippen molar-refractivity contribution in [2.45, 2.75) is 35.2 Å². The average molecular weight is 502 g/mol. The Morgan fingerprint density at radius 2 is 1.53 bits per heavy atom. The molecule has 1 atom stereocenters. The average Bonchev–Trinajstić information content (AvgIpc) is 3.27. The Morgan fingerprint density at radius 3 is 2.12 bits per heavy atom. The molecule has 9 nitrogen and oxygen atoms in total. The quantitative estimate of drug-likeness (QED) is 0.457. The third kappa shape index (κ3) is 6.99. The van der Waals surface area contributed by atoms with E-state index in [1.54, 1.807) is 0 Å². The predicted molar refractivity (Wildman–Crippen MR) is 120 cm³/mol. The number of carbonyl (C=O) groups excluding carboxylic acids is 1. The second kappa shape index (κ2) is 10.7. The van der Waals surface area contributed by atoms with Crippen LogP contribution in [0.1, 0.15) is 19.3 Å². The Bertz CT molecular complexity index is 1130. The predicted octanol–water partition coefficient (Wildman–Crippen LogP) is 2.10. The lowest BCUT2D eigenvalue weighted by atomic mass is 10.2. The first-order valence-corrected chi connectivity index (χ1v) is 13.3. The Balaban J connectivity index is 1.47. The minimum atomic E-state index is -3.75. The summed E-state index contributed by atoms with van der Waals surface area (Å²) < 4.78 is 59.4. The van der Waals surface area contributed by atoms with E-state index in [1.807, 2.05) is 0 Å². The summed E-state index contributed by atoms with van der Waals surface area (Å²) >= 11 is 5.75. The molecule has 0 radical (unpaired) electrons. The third-order valence-electron chi connectivity index (χ3n) is 4.74. The number of anilines is 1. The van der Waals surface area contributed by atoms with Gasteiger partial charge in [-0.2, -0.15) is 0 Å². The van der Waals surface area contributed by atoms with Crippen molar-refractivity contribution in [3.8, 4) is 0 Å². The van der Waals surface area contributed by atoms with Gasteiger partial charge in [-0.1, -0.05) is 11.6 Å². The highest BCUT2D eigenvalue weighted by Crippen LogP contribution is 2.16. The SMILES string of the molecule is O=C(CCNS(=O)(=O)c1ccc(Cl)cc1)Nc1ccc(S(=O)(=O)NCC2CCCO2)cc1. The van der Waals surface area contributed by atoms with Gasteiger partial charge < -0.3 is 10.1 Å². The van der Waals surface area contributed by atoms with Crippen molar-refractivity contribution in [1.29, 1.82) is 0 Å². The van der Waals surface area contributed by atoms with Crippen LogP contribution in [0.5, 0.6) is 0 Å². The molecule has 2 aromatic carbocycles. The van der Waals surface area contributed by atoms with Gasteiger partial charge in [0, 0.05) is 36.8 Å². The highest BCUT2D eigenvalue weighted by molar-refractivity contribution is 7.89. The van der Waals surface area contributed by atoms with Crippen molar-refractivity contribution in [1.82, 2.24) is 9.44 Å². The van der Waals surface area contributed by atoms with Crippen molar-refractivity contribution >= 4 is 43.2 Å². The van der Waals surface area contributed by atoms with Crippen LogP contribution in [0.25, 0.3) is 0 Å². The van der Waals surface area contributed by atoms with E-state index < -0.39 is 26.0 Å². The van der Waals surface area contributed by atoms with Crippen molar-refractivity contribution in [3.05, 3.63) is 53.6 Å². The monoisotopic (exact) mass is 501 g/mol. The zero-order valence-corrected chi connectivity index (χ0v) is 19.5.